The van der Waals surface area contributed by atoms with Crippen LogP contribution in [0.3, 0.4) is 0 Å². The molecule has 0 radical (unpaired) electrons. The van der Waals surface area contributed by atoms with Gasteiger partial charge in [0, 0.05) is 18.1 Å². The monoisotopic (exact) mass is 370 g/mol. The Morgan fingerprint density at radius 1 is 1.12 bits per heavy atom. The standard InChI is InChI=1S/C20H22N2O3S/c1-22(26(24,25)13-12-16-6-3-2-4-7-16)15-20(23)21-19-11-10-17-8-5-9-18(17)14-19/h2-4,6-7,10-14H,5,8-9,15H2,1H3,(H,21,23)/b13-12+. The molecule has 0 unspecified atom stereocenters. The van der Waals surface area contributed by atoms with Gasteiger partial charge >= 0.3 is 0 Å². The van der Waals surface area contributed by atoms with Gasteiger partial charge in [0.1, 0.15) is 0 Å². The van der Waals surface area contributed by atoms with E-state index in [0.717, 1.165) is 34.5 Å². The Balaban J connectivity index is 1.60. The van der Waals surface area contributed by atoms with E-state index in [1.807, 2.05) is 48.5 Å². The lowest BCUT2D eigenvalue weighted by Crippen LogP contribution is -2.33. The minimum atomic E-state index is -3.66. The fourth-order valence-corrected chi connectivity index (χ4v) is 3.81. The SMILES string of the molecule is CN(CC(=O)Nc1ccc2c(c1)CCC2)S(=O)(=O)/C=C/c1ccccc1. The average molecular weight is 370 g/mol. The van der Waals surface area contributed by atoms with Gasteiger partial charge in [-0.25, -0.2) is 8.42 Å². The van der Waals surface area contributed by atoms with Gasteiger partial charge in [0.05, 0.1) is 6.54 Å². The summed E-state index contributed by atoms with van der Waals surface area (Å²) in [6.45, 7) is -0.238. The van der Waals surface area contributed by atoms with Crippen LogP contribution in [0.2, 0.25) is 0 Å². The maximum atomic E-state index is 12.3. The number of hydrogen-bond acceptors (Lipinski definition) is 3. The normalized spacial score (nSPS) is 13.9. The first-order valence-electron chi connectivity index (χ1n) is 8.55. The minimum Gasteiger partial charge on any atom is -0.325 e. The van der Waals surface area contributed by atoms with Crippen molar-refractivity contribution in [1.29, 1.82) is 0 Å². The smallest absolute Gasteiger partial charge is 0.239 e. The second-order valence-electron chi connectivity index (χ2n) is 6.40. The van der Waals surface area contributed by atoms with E-state index in [9.17, 15) is 13.2 Å². The summed E-state index contributed by atoms with van der Waals surface area (Å²) in [6.07, 6.45) is 4.77. The molecule has 1 aliphatic carbocycles. The fraction of sp³-hybridized carbons (Fsp3) is 0.250. The molecule has 0 bridgehead atoms. The molecule has 0 heterocycles. The van der Waals surface area contributed by atoms with Crippen LogP contribution >= 0.6 is 0 Å². The third kappa shape index (κ3) is 4.59. The molecule has 0 fully saturated rings. The predicted octanol–water partition coefficient (Wildman–Crippen LogP) is 3.05. The van der Waals surface area contributed by atoms with E-state index >= 15 is 0 Å². The number of anilines is 1. The highest BCUT2D eigenvalue weighted by Gasteiger charge is 2.18. The Labute approximate surface area is 154 Å². The van der Waals surface area contributed by atoms with Crippen LogP contribution in [0.5, 0.6) is 0 Å². The van der Waals surface area contributed by atoms with Crippen LogP contribution in [0.15, 0.2) is 53.9 Å². The van der Waals surface area contributed by atoms with E-state index in [2.05, 4.69) is 5.32 Å². The van der Waals surface area contributed by atoms with Crippen LogP contribution in [0.4, 0.5) is 5.69 Å². The van der Waals surface area contributed by atoms with Crippen LogP contribution < -0.4 is 5.32 Å². The summed E-state index contributed by atoms with van der Waals surface area (Å²) in [5.74, 6) is -0.359. The van der Waals surface area contributed by atoms with Crippen molar-refractivity contribution in [2.45, 2.75) is 19.3 Å². The van der Waals surface area contributed by atoms with Gasteiger partial charge in [-0.15, -0.1) is 0 Å². The van der Waals surface area contributed by atoms with Crippen molar-refractivity contribution >= 4 is 27.7 Å². The number of likely N-dealkylation sites (N-methyl/N-ethyl adjacent to an activating group) is 1. The number of rotatable bonds is 6. The van der Waals surface area contributed by atoms with Crippen LogP contribution in [0.25, 0.3) is 6.08 Å². The van der Waals surface area contributed by atoms with Gasteiger partial charge in [0.25, 0.3) is 0 Å². The summed E-state index contributed by atoms with van der Waals surface area (Å²) < 4.78 is 25.6. The summed E-state index contributed by atoms with van der Waals surface area (Å²) >= 11 is 0. The van der Waals surface area contributed by atoms with Gasteiger partial charge in [0.15, 0.2) is 0 Å². The molecule has 136 valence electrons. The highest BCUT2D eigenvalue weighted by atomic mass is 32.2. The molecule has 2 aromatic carbocycles. The zero-order valence-corrected chi connectivity index (χ0v) is 15.5. The average Bonchev–Trinajstić information content (AvgIpc) is 3.08. The number of amides is 1. The zero-order valence-electron chi connectivity index (χ0n) is 14.7. The number of benzene rings is 2. The molecule has 26 heavy (non-hydrogen) atoms. The third-order valence-electron chi connectivity index (χ3n) is 4.41. The van der Waals surface area contributed by atoms with Gasteiger partial charge in [0.2, 0.25) is 15.9 Å². The lowest BCUT2D eigenvalue weighted by Gasteiger charge is -2.15. The van der Waals surface area contributed by atoms with Crippen LogP contribution in [-0.2, 0) is 27.7 Å². The van der Waals surface area contributed by atoms with Gasteiger partial charge < -0.3 is 5.32 Å². The number of carbonyl (C=O) groups is 1. The van der Waals surface area contributed by atoms with Crippen molar-refractivity contribution in [2.24, 2.45) is 0 Å². The molecule has 3 rings (SSSR count). The van der Waals surface area contributed by atoms with Crippen molar-refractivity contribution in [3.8, 4) is 0 Å². The molecule has 0 saturated heterocycles. The van der Waals surface area contributed by atoms with Crippen molar-refractivity contribution in [3.05, 3.63) is 70.6 Å². The van der Waals surface area contributed by atoms with Crippen molar-refractivity contribution in [1.82, 2.24) is 4.31 Å². The Bertz CT molecular complexity index is 921. The topological polar surface area (TPSA) is 66.5 Å². The van der Waals surface area contributed by atoms with Crippen molar-refractivity contribution < 1.29 is 13.2 Å². The Morgan fingerprint density at radius 2 is 1.85 bits per heavy atom. The molecule has 0 saturated carbocycles. The van der Waals surface area contributed by atoms with Gasteiger partial charge in [-0.05, 0) is 54.2 Å². The maximum absolute atomic E-state index is 12.3. The number of carbonyl (C=O) groups excluding carboxylic acids is 1. The number of sulfonamides is 1. The predicted molar refractivity (Wildman–Crippen MR) is 104 cm³/mol. The Morgan fingerprint density at radius 3 is 2.62 bits per heavy atom. The summed E-state index contributed by atoms with van der Waals surface area (Å²) in [5, 5.41) is 3.90. The number of aryl methyl sites for hydroxylation is 2. The molecule has 0 spiro atoms. The van der Waals surface area contributed by atoms with Crippen molar-refractivity contribution in [2.75, 3.05) is 18.9 Å². The van der Waals surface area contributed by atoms with E-state index in [4.69, 9.17) is 0 Å². The first kappa shape index (κ1) is 18.4. The summed E-state index contributed by atoms with van der Waals surface area (Å²) in [5.41, 5.74) is 4.08. The molecule has 0 aromatic heterocycles. The van der Waals surface area contributed by atoms with Crippen LogP contribution in [0, 0.1) is 0 Å². The summed E-state index contributed by atoms with van der Waals surface area (Å²) in [7, 11) is -2.27. The van der Waals surface area contributed by atoms with Crippen molar-refractivity contribution in [3.63, 3.8) is 0 Å². The van der Waals surface area contributed by atoms with Gasteiger partial charge in [-0.3, -0.25) is 4.79 Å². The molecule has 0 atom stereocenters. The molecule has 6 heteroatoms. The quantitative estimate of drug-likeness (QED) is 0.850. The molecule has 1 aliphatic rings. The van der Waals surface area contributed by atoms with E-state index in [1.165, 1.54) is 24.3 Å². The fourth-order valence-electron chi connectivity index (χ4n) is 2.97. The second-order valence-corrected chi connectivity index (χ2v) is 8.33. The van der Waals surface area contributed by atoms with E-state index < -0.39 is 10.0 Å². The lowest BCUT2D eigenvalue weighted by atomic mass is 10.1. The molecule has 1 amide bonds. The highest BCUT2D eigenvalue weighted by Crippen LogP contribution is 2.24. The third-order valence-corrected chi connectivity index (χ3v) is 5.89. The number of nitrogens with one attached hydrogen (secondary N) is 1. The van der Waals surface area contributed by atoms with E-state index in [0.29, 0.717) is 5.69 Å². The van der Waals surface area contributed by atoms with Crippen LogP contribution in [-0.4, -0.2) is 32.2 Å². The number of nitrogens with zero attached hydrogens (tertiary/aromatic N) is 1. The first-order valence-corrected chi connectivity index (χ1v) is 10.1. The molecular weight excluding hydrogens is 348 g/mol. The van der Waals surface area contributed by atoms with Crippen LogP contribution in [0.1, 0.15) is 23.1 Å². The molecule has 0 aliphatic heterocycles. The largest absolute Gasteiger partial charge is 0.325 e. The number of fused-ring (bicyclic) bond motifs is 1. The highest BCUT2D eigenvalue weighted by molar-refractivity contribution is 7.92. The van der Waals surface area contributed by atoms with Gasteiger partial charge in [-0.1, -0.05) is 36.4 Å². The zero-order chi connectivity index (χ0) is 18.6. The maximum Gasteiger partial charge on any atom is 0.239 e. The van der Waals surface area contributed by atoms with E-state index in [1.54, 1.807) is 0 Å². The first-order chi connectivity index (χ1) is 12.4. The molecule has 5 nitrogen and oxygen atoms in total. The molecule has 2 aromatic rings. The number of hydrogen-bond donors (Lipinski definition) is 1. The molecule has 1 N–H and O–H groups in total. The van der Waals surface area contributed by atoms with Gasteiger partial charge in [-0.2, -0.15) is 4.31 Å². The Hall–Kier alpha value is -2.44. The minimum absolute atomic E-state index is 0.238. The summed E-state index contributed by atoms with van der Waals surface area (Å²) in [4.78, 5) is 12.2. The summed E-state index contributed by atoms with van der Waals surface area (Å²) in [6, 6.07) is 15.0. The molecular formula is C20H22N2O3S. The van der Waals surface area contributed by atoms with E-state index in [-0.39, 0.29) is 12.5 Å². The lowest BCUT2D eigenvalue weighted by molar-refractivity contribution is -0.116. The Kier molecular flexibility index (Phi) is 5.54. The second kappa shape index (κ2) is 7.85.